The van der Waals surface area contributed by atoms with E-state index in [1.807, 2.05) is 0 Å². The van der Waals surface area contributed by atoms with Gasteiger partial charge in [0.05, 0.1) is 0 Å². The highest BCUT2D eigenvalue weighted by Crippen LogP contribution is 2.28. The predicted molar refractivity (Wildman–Crippen MR) is 94.4 cm³/mol. The van der Waals surface area contributed by atoms with Crippen LogP contribution in [-0.2, 0) is 13.1 Å². The van der Waals surface area contributed by atoms with E-state index in [9.17, 15) is 0 Å². The van der Waals surface area contributed by atoms with E-state index in [2.05, 4.69) is 65.2 Å². The van der Waals surface area contributed by atoms with Gasteiger partial charge in [-0.15, -0.1) is 0 Å². The lowest BCUT2D eigenvalue weighted by Crippen LogP contribution is -2.35. The van der Waals surface area contributed by atoms with Gasteiger partial charge in [0.1, 0.15) is 0 Å². The molecule has 0 aromatic heterocycles. The van der Waals surface area contributed by atoms with Gasteiger partial charge in [-0.2, -0.15) is 0 Å². The largest absolute Gasteiger partial charge is 0.313 e. The first-order valence-electron chi connectivity index (χ1n) is 8.28. The van der Waals surface area contributed by atoms with Crippen LogP contribution < -0.4 is 5.32 Å². The topological polar surface area (TPSA) is 15.3 Å². The Bertz CT molecular complexity index is 447. The first-order chi connectivity index (χ1) is 10.1. The second-order valence-electron chi connectivity index (χ2n) is 6.55. The van der Waals surface area contributed by atoms with E-state index in [-0.39, 0.29) is 0 Å². The van der Waals surface area contributed by atoms with E-state index >= 15 is 0 Å². The van der Waals surface area contributed by atoms with Crippen LogP contribution in [0.1, 0.15) is 50.7 Å². The molecular weight excluding hydrogens is 324 g/mol. The molecule has 1 fully saturated rings. The molecule has 1 aromatic rings. The summed E-state index contributed by atoms with van der Waals surface area (Å²) < 4.78 is 1.24. The highest BCUT2D eigenvalue weighted by Gasteiger charge is 2.22. The first-order valence-corrected chi connectivity index (χ1v) is 9.07. The van der Waals surface area contributed by atoms with Crippen LogP contribution >= 0.6 is 15.9 Å². The number of halogens is 1. The molecule has 2 rings (SSSR count). The third-order valence-corrected chi connectivity index (χ3v) is 5.39. The normalized spacial score (nSPS) is 22.7. The van der Waals surface area contributed by atoms with Gasteiger partial charge in [-0.3, -0.25) is 4.90 Å². The van der Waals surface area contributed by atoms with Crippen molar-refractivity contribution in [2.45, 2.75) is 58.7 Å². The molecule has 0 saturated heterocycles. The Kier molecular flexibility index (Phi) is 6.72. The van der Waals surface area contributed by atoms with Crippen molar-refractivity contribution < 1.29 is 0 Å². The number of hydrogen-bond acceptors (Lipinski definition) is 2. The Morgan fingerprint density at radius 3 is 2.81 bits per heavy atom. The van der Waals surface area contributed by atoms with Gasteiger partial charge in [-0.05, 0) is 49.5 Å². The van der Waals surface area contributed by atoms with Gasteiger partial charge >= 0.3 is 0 Å². The van der Waals surface area contributed by atoms with Gasteiger partial charge in [0, 0.05) is 23.6 Å². The lowest BCUT2D eigenvalue weighted by Gasteiger charge is -2.34. The van der Waals surface area contributed by atoms with Crippen molar-refractivity contribution in [1.82, 2.24) is 10.2 Å². The highest BCUT2D eigenvalue weighted by molar-refractivity contribution is 9.10. The molecule has 0 amide bonds. The van der Waals surface area contributed by atoms with Crippen molar-refractivity contribution in [1.29, 1.82) is 0 Å². The molecule has 0 heterocycles. The summed E-state index contributed by atoms with van der Waals surface area (Å²) in [7, 11) is 2.28. The minimum absolute atomic E-state index is 0.752. The predicted octanol–water partition coefficient (Wildman–Crippen LogP) is 4.57. The van der Waals surface area contributed by atoms with E-state index in [0.717, 1.165) is 31.6 Å². The molecule has 1 aliphatic rings. The molecule has 2 nitrogen and oxygen atoms in total. The van der Waals surface area contributed by atoms with Crippen LogP contribution in [0.15, 0.2) is 22.7 Å². The van der Waals surface area contributed by atoms with Crippen LogP contribution in [0, 0.1) is 5.92 Å². The summed E-state index contributed by atoms with van der Waals surface area (Å²) in [6.07, 6.45) is 5.51. The van der Waals surface area contributed by atoms with Crippen molar-refractivity contribution in [3.63, 3.8) is 0 Å². The molecule has 1 aliphatic carbocycles. The number of nitrogens with zero attached hydrogens (tertiary/aromatic N) is 1. The molecule has 2 unspecified atom stereocenters. The smallest absolute Gasteiger partial charge is 0.0244 e. The molecular formula is C18H29BrN2. The van der Waals surface area contributed by atoms with Crippen molar-refractivity contribution in [3.05, 3.63) is 33.8 Å². The van der Waals surface area contributed by atoms with E-state index in [0.29, 0.717) is 0 Å². The SMILES string of the molecule is CCNCc1ccc(CN(C)C2CCCC(C)C2)c(Br)c1. The average Bonchev–Trinajstić information content (AvgIpc) is 2.47. The molecule has 1 aromatic carbocycles. The third-order valence-electron chi connectivity index (χ3n) is 4.65. The summed E-state index contributed by atoms with van der Waals surface area (Å²) in [5, 5.41) is 3.38. The van der Waals surface area contributed by atoms with Gasteiger partial charge in [0.15, 0.2) is 0 Å². The molecule has 0 spiro atoms. The Balaban J connectivity index is 1.95. The van der Waals surface area contributed by atoms with E-state index in [1.165, 1.54) is 41.3 Å². The van der Waals surface area contributed by atoms with Gasteiger partial charge in [-0.25, -0.2) is 0 Å². The quantitative estimate of drug-likeness (QED) is 0.806. The molecule has 2 atom stereocenters. The zero-order valence-electron chi connectivity index (χ0n) is 13.7. The summed E-state index contributed by atoms with van der Waals surface area (Å²) >= 11 is 3.75. The highest BCUT2D eigenvalue weighted by atomic mass is 79.9. The van der Waals surface area contributed by atoms with Crippen LogP contribution in [0.4, 0.5) is 0 Å². The van der Waals surface area contributed by atoms with Crippen molar-refractivity contribution in [2.75, 3.05) is 13.6 Å². The summed E-state index contributed by atoms with van der Waals surface area (Å²) in [5.74, 6) is 0.886. The number of rotatable bonds is 6. The number of nitrogens with one attached hydrogen (secondary N) is 1. The second-order valence-corrected chi connectivity index (χ2v) is 7.40. The van der Waals surface area contributed by atoms with Crippen LogP contribution in [0.3, 0.4) is 0 Å². The molecule has 1 N–H and O–H groups in total. The Morgan fingerprint density at radius 2 is 2.14 bits per heavy atom. The van der Waals surface area contributed by atoms with Gasteiger partial charge in [0.2, 0.25) is 0 Å². The summed E-state index contributed by atoms with van der Waals surface area (Å²) in [5.41, 5.74) is 2.75. The minimum atomic E-state index is 0.752. The maximum atomic E-state index is 3.75. The standard InChI is InChI=1S/C18H29BrN2/c1-4-20-12-15-8-9-16(18(19)11-15)13-21(3)17-7-5-6-14(2)10-17/h8-9,11,14,17,20H,4-7,10,12-13H2,1-3H3. The fourth-order valence-corrected chi connectivity index (χ4v) is 3.85. The van der Waals surface area contributed by atoms with Gasteiger partial charge in [-0.1, -0.05) is 54.8 Å². The Morgan fingerprint density at radius 1 is 1.33 bits per heavy atom. The van der Waals surface area contributed by atoms with Crippen molar-refractivity contribution in [2.24, 2.45) is 5.92 Å². The second kappa shape index (κ2) is 8.30. The Labute approximate surface area is 138 Å². The van der Waals surface area contributed by atoms with Crippen molar-refractivity contribution in [3.8, 4) is 0 Å². The fourth-order valence-electron chi connectivity index (χ4n) is 3.30. The van der Waals surface area contributed by atoms with Gasteiger partial charge < -0.3 is 5.32 Å². The molecule has 118 valence electrons. The zero-order chi connectivity index (χ0) is 15.2. The van der Waals surface area contributed by atoms with Gasteiger partial charge in [0.25, 0.3) is 0 Å². The van der Waals surface area contributed by atoms with Crippen LogP contribution in [0.5, 0.6) is 0 Å². The lowest BCUT2D eigenvalue weighted by molar-refractivity contribution is 0.157. The maximum Gasteiger partial charge on any atom is 0.0244 e. The summed E-state index contributed by atoms with van der Waals surface area (Å²) in [6.45, 7) is 7.54. The average molecular weight is 353 g/mol. The van der Waals surface area contributed by atoms with E-state index in [1.54, 1.807) is 0 Å². The molecule has 21 heavy (non-hydrogen) atoms. The molecule has 0 aliphatic heterocycles. The van der Waals surface area contributed by atoms with Crippen LogP contribution in [0.2, 0.25) is 0 Å². The molecule has 3 heteroatoms. The first kappa shape index (κ1) is 17.0. The fraction of sp³-hybridized carbons (Fsp3) is 0.667. The lowest BCUT2D eigenvalue weighted by atomic mass is 9.86. The molecule has 0 radical (unpaired) electrons. The monoisotopic (exact) mass is 352 g/mol. The van der Waals surface area contributed by atoms with Crippen LogP contribution in [0.25, 0.3) is 0 Å². The minimum Gasteiger partial charge on any atom is -0.313 e. The third kappa shape index (κ3) is 5.08. The zero-order valence-corrected chi connectivity index (χ0v) is 15.2. The Hall–Kier alpha value is -0.380. The van der Waals surface area contributed by atoms with E-state index in [4.69, 9.17) is 0 Å². The number of benzene rings is 1. The number of hydrogen-bond donors (Lipinski definition) is 1. The summed E-state index contributed by atoms with van der Waals surface area (Å²) in [4.78, 5) is 2.54. The molecule has 0 bridgehead atoms. The molecule has 1 saturated carbocycles. The van der Waals surface area contributed by atoms with Crippen LogP contribution in [-0.4, -0.2) is 24.5 Å². The maximum absolute atomic E-state index is 3.75. The summed E-state index contributed by atoms with van der Waals surface area (Å²) in [6, 6.07) is 7.54. The van der Waals surface area contributed by atoms with E-state index < -0.39 is 0 Å². The van der Waals surface area contributed by atoms with Crippen molar-refractivity contribution >= 4 is 15.9 Å².